The van der Waals surface area contributed by atoms with Crippen LogP contribution in [0.15, 0.2) is 54.9 Å². The number of ether oxygens (including phenoxy) is 1. The summed E-state index contributed by atoms with van der Waals surface area (Å²) in [5.41, 5.74) is 2.49. The number of hydrogen-bond donors (Lipinski definition) is 1. The van der Waals surface area contributed by atoms with E-state index in [9.17, 15) is 9.59 Å². The van der Waals surface area contributed by atoms with Crippen LogP contribution in [-0.2, 0) is 9.53 Å². The lowest BCUT2D eigenvalue weighted by Gasteiger charge is -2.14. The molecule has 7 heteroatoms. The van der Waals surface area contributed by atoms with Crippen molar-refractivity contribution in [3.05, 3.63) is 71.0 Å². The van der Waals surface area contributed by atoms with Crippen LogP contribution in [0.4, 0.5) is 0 Å². The summed E-state index contributed by atoms with van der Waals surface area (Å²) < 4.78 is 5.07. The second kappa shape index (κ2) is 7.93. The Morgan fingerprint density at radius 2 is 1.77 bits per heavy atom. The second-order valence-corrected chi connectivity index (χ2v) is 6.11. The van der Waals surface area contributed by atoms with Gasteiger partial charge in [-0.05, 0) is 42.8 Å². The van der Waals surface area contributed by atoms with E-state index in [0.29, 0.717) is 21.6 Å². The molecular formula is C19H16ClN3O3. The molecule has 1 atom stereocenters. The molecule has 26 heavy (non-hydrogen) atoms. The van der Waals surface area contributed by atoms with Crippen molar-refractivity contribution in [3.8, 4) is 0 Å². The normalized spacial score (nSPS) is 11.8. The molecule has 1 amide bonds. The second-order valence-electron chi connectivity index (χ2n) is 5.68. The summed E-state index contributed by atoms with van der Waals surface area (Å²) in [6.45, 7) is 1.47. The van der Waals surface area contributed by atoms with Crippen LogP contribution in [0.25, 0.3) is 11.0 Å². The van der Waals surface area contributed by atoms with Crippen LogP contribution < -0.4 is 5.32 Å². The number of amides is 1. The maximum absolute atomic E-state index is 12.1. The molecule has 0 aliphatic rings. The summed E-state index contributed by atoms with van der Waals surface area (Å²) in [6.07, 6.45) is 3.12. The number of nitrogens with one attached hydrogen (secondary N) is 1. The zero-order valence-electron chi connectivity index (χ0n) is 14.0. The number of aromatic nitrogens is 2. The van der Waals surface area contributed by atoms with Crippen molar-refractivity contribution >= 4 is 34.5 Å². The summed E-state index contributed by atoms with van der Waals surface area (Å²) in [5.74, 6) is -0.978. The van der Waals surface area contributed by atoms with Gasteiger partial charge in [0.15, 0.2) is 6.61 Å². The Morgan fingerprint density at radius 3 is 2.50 bits per heavy atom. The highest BCUT2D eigenvalue weighted by atomic mass is 35.5. The average Bonchev–Trinajstić information content (AvgIpc) is 2.66. The largest absolute Gasteiger partial charge is 0.452 e. The molecule has 132 valence electrons. The van der Waals surface area contributed by atoms with E-state index < -0.39 is 5.97 Å². The lowest BCUT2D eigenvalue weighted by atomic mass is 10.1. The molecule has 6 nitrogen and oxygen atoms in total. The third-order valence-corrected chi connectivity index (χ3v) is 4.04. The minimum Gasteiger partial charge on any atom is -0.452 e. The smallest absolute Gasteiger partial charge is 0.338 e. The van der Waals surface area contributed by atoms with Crippen molar-refractivity contribution in [2.75, 3.05) is 6.61 Å². The summed E-state index contributed by atoms with van der Waals surface area (Å²) in [4.78, 5) is 32.4. The number of hydrogen-bond acceptors (Lipinski definition) is 5. The number of fused-ring (bicyclic) bond motifs is 1. The standard InChI is InChI=1S/C19H16ClN3O3/c1-12(13-2-5-15(20)6-3-13)23-18(24)11-26-19(25)14-4-7-16-17(10-14)22-9-8-21-16/h2-10,12H,11H2,1H3,(H,23,24)/t12-/m1/s1. The maximum atomic E-state index is 12.1. The van der Waals surface area contributed by atoms with Crippen LogP contribution in [0.1, 0.15) is 28.9 Å². The summed E-state index contributed by atoms with van der Waals surface area (Å²) in [6, 6.07) is 11.8. The Hall–Kier alpha value is -2.99. The Morgan fingerprint density at radius 1 is 1.08 bits per heavy atom. The van der Waals surface area contributed by atoms with Crippen molar-refractivity contribution in [2.24, 2.45) is 0 Å². The van der Waals surface area contributed by atoms with Crippen molar-refractivity contribution in [1.29, 1.82) is 0 Å². The Balaban J connectivity index is 1.56. The van der Waals surface area contributed by atoms with E-state index in [-0.39, 0.29) is 18.6 Å². The Kier molecular flexibility index (Phi) is 5.43. The van der Waals surface area contributed by atoms with Crippen molar-refractivity contribution < 1.29 is 14.3 Å². The van der Waals surface area contributed by atoms with Crippen LogP contribution in [0.2, 0.25) is 5.02 Å². The first kappa shape index (κ1) is 17.8. The number of rotatable bonds is 5. The number of benzene rings is 2. The monoisotopic (exact) mass is 369 g/mol. The van der Waals surface area contributed by atoms with Gasteiger partial charge in [0, 0.05) is 17.4 Å². The highest BCUT2D eigenvalue weighted by molar-refractivity contribution is 6.30. The molecule has 0 unspecified atom stereocenters. The molecule has 0 aliphatic carbocycles. The molecule has 0 fully saturated rings. The van der Waals surface area contributed by atoms with E-state index in [1.807, 2.05) is 19.1 Å². The van der Waals surface area contributed by atoms with Gasteiger partial charge in [0.2, 0.25) is 0 Å². The molecule has 1 heterocycles. The molecular weight excluding hydrogens is 354 g/mol. The molecule has 3 aromatic rings. The topological polar surface area (TPSA) is 81.2 Å². The fourth-order valence-corrected chi connectivity index (χ4v) is 2.55. The minimum atomic E-state index is -0.591. The van der Waals surface area contributed by atoms with Crippen molar-refractivity contribution in [1.82, 2.24) is 15.3 Å². The van der Waals surface area contributed by atoms with E-state index in [4.69, 9.17) is 16.3 Å². The predicted octanol–water partition coefficient (Wildman–Crippen LogP) is 3.32. The fourth-order valence-electron chi connectivity index (χ4n) is 2.42. The van der Waals surface area contributed by atoms with E-state index in [1.165, 1.54) is 0 Å². The fraction of sp³-hybridized carbons (Fsp3) is 0.158. The number of carbonyl (C=O) groups excluding carboxylic acids is 2. The van der Waals surface area contributed by atoms with E-state index >= 15 is 0 Å². The van der Waals surface area contributed by atoms with Crippen LogP contribution >= 0.6 is 11.6 Å². The number of nitrogens with zero attached hydrogens (tertiary/aromatic N) is 2. The summed E-state index contributed by atoms with van der Waals surface area (Å²) in [7, 11) is 0. The van der Waals surface area contributed by atoms with Crippen molar-refractivity contribution in [3.63, 3.8) is 0 Å². The van der Waals surface area contributed by atoms with Gasteiger partial charge < -0.3 is 10.1 Å². The van der Waals surface area contributed by atoms with E-state index in [1.54, 1.807) is 42.7 Å². The van der Waals surface area contributed by atoms with Gasteiger partial charge in [-0.15, -0.1) is 0 Å². The molecule has 1 aromatic heterocycles. The van der Waals surface area contributed by atoms with Gasteiger partial charge in [0.05, 0.1) is 22.6 Å². The summed E-state index contributed by atoms with van der Waals surface area (Å²) >= 11 is 5.85. The van der Waals surface area contributed by atoms with Gasteiger partial charge >= 0.3 is 5.97 Å². The van der Waals surface area contributed by atoms with Crippen molar-refractivity contribution in [2.45, 2.75) is 13.0 Å². The van der Waals surface area contributed by atoms with Gasteiger partial charge in [-0.1, -0.05) is 23.7 Å². The zero-order valence-corrected chi connectivity index (χ0v) is 14.7. The number of esters is 1. The van der Waals surface area contributed by atoms with Gasteiger partial charge in [-0.25, -0.2) is 4.79 Å². The SMILES string of the molecule is C[C@@H](NC(=O)COC(=O)c1ccc2nccnc2c1)c1ccc(Cl)cc1. The highest BCUT2D eigenvalue weighted by Crippen LogP contribution is 2.16. The first-order valence-electron chi connectivity index (χ1n) is 7.95. The maximum Gasteiger partial charge on any atom is 0.338 e. The van der Waals surface area contributed by atoms with Crippen LogP contribution in [0.5, 0.6) is 0 Å². The molecule has 0 bridgehead atoms. The van der Waals surface area contributed by atoms with Crippen LogP contribution in [0.3, 0.4) is 0 Å². The van der Waals surface area contributed by atoms with Crippen LogP contribution in [-0.4, -0.2) is 28.5 Å². The molecule has 2 aromatic carbocycles. The lowest BCUT2D eigenvalue weighted by molar-refractivity contribution is -0.124. The number of carbonyl (C=O) groups is 2. The third kappa shape index (κ3) is 4.34. The van der Waals surface area contributed by atoms with Gasteiger partial charge in [-0.3, -0.25) is 14.8 Å². The predicted molar refractivity (Wildman–Crippen MR) is 97.8 cm³/mol. The van der Waals surface area contributed by atoms with Gasteiger partial charge in [-0.2, -0.15) is 0 Å². The number of halogens is 1. The Labute approximate surface area is 155 Å². The zero-order chi connectivity index (χ0) is 18.5. The molecule has 0 spiro atoms. The molecule has 0 aliphatic heterocycles. The van der Waals surface area contributed by atoms with Crippen LogP contribution in [0, 0.1) is 0 Å². The van der Waals surface area contributed by atoms with E-state index in [2.05, 4.69) is 15.3 Å². The first-order valence-corrected chi connectivity index (χ1v) is 8.33. The van der Waals surface area contributed by atoms with Gasteiger partial charge in [0.25, 0.3) is 5.91 Å². The molecule has 0 radical (unpaired) electrons. The molecule has 0 saturated carbocycles. The minimum absolute atomic E-state index is 0.227. The first-order chi connectivity index (χ1) is 12.5. The summed E-state index contributed by atoms with van der Waals surface area (Å²) in [5, 5.41) is 3.40. The molecule has 0 saturated heterocycles. The third-order valence-electron chi connectivity index (χ3n) is 3.79. The molecule has 3 rings (SSSR count). The van der Waals surface area contributed by atoms with E-state index in [0.717, 1.165) is 5.56 Å². The quantitative estimate of drug-likeness (QED) is 0.698. The Bertz CT molecular complexity index is 944. The molecule has 1 N–H and O–H groups in total. The average molecular weight is 370 g/mol. The lowest BCUT2D eigenvalue weighted by Crippen LogP contribution is -2.31. The highest BCUT2D eigenvalue weighted by Gasteiger charge is 2.14. The van der Waals surface area contributed by atoms with Gasteiger partial charge in [0.1, 0.15) is 0 Å².